The van der Waals surface area contributed by atoms with Crippen LogP contribution in [0.5, 0.6) is 0 Å². The van der Waals surface area contributed by atoms with Gasteiger partial charge < -0.3 is 11.1 Å². The van der Waals surface area contributed by atoms with E-state index in [0.717, 1.165) is 6.42 Å². The molecule has 1 aromatic carbocycles. The van der Waals surface area contributed by atoms with Crippen molar-refractivity contribution in [3.05, 3.63) is 30.3 Å². The number of nitrogens with one attached hydrogen (secondary N) is 1. The van der Waals surface area contributed by atoms with E-state index in [9.17, 15) is 4.79 Å². The highest BCUT2D eigenvalue weighted by Gasteiger charge is 2.26. The Morgan fingerprint density at radius 1 is 1.40 bits per heavy atom. The highest BCUT2D eigenvalue weighted by Crippen LogP contribution is 2.22. The first-order valence-corrected chi connectivity index (χ1v) is 7.62. The molecule has 0 heterocycles. The number of rotatable bonds is 7. The molecule has 2 atom stereocenters. The van der Waals surface area contributed by atoms with Crippen LogP contribution >= 0.6 is 24.2 Å². The number of nitrogens with two attached hydrogens (primary N) is 1. The van der Waals surface area contributed by atoms with Crippen molar-refractivity contribution in [3.63, 3.8) is 0 Å². The molecule has 0 bridgehead atoms. The van der Waals surface area contributed by atoms with Crippen LogP contribution in [-0.2, 0) is 4.79 Å². The summed E-state index contributed by atoms with van der Waals surface area (Å²) in [6.07, 6.45) is 1.62. The molecule has 0 radical (unpaired) electrons. The van der Waals surface area contributed by atoms with Crippen LogP contribution in [0.15, 0.2) is 35.2 Å². The molecule has 3 N–H and O–H groups in total. The predicted octanol–water partition coefficient (Wildman–Crippen LogP) is 3.22. The van der Waals surface area contributed by atoms with Gasteiger partial charge in [-0.1, -0.05) is 38.5 Å². The topological polar surface area (TPSA) is 55.1 Å². The second kappa shape index (κ2) is 9.27. The number of carbonyl (C=O) groups excluding carboxylic acids is 1. The molecule has 1 amide bonds. The lowest BCUT2D eigenvalue weighted by atomic mass is 9.96. The van der Waals surface area contributed by atoms with E-state index in [0.29, 0.717) is 18.2 Å². The molecule has 2 unspecified atom stereocenters. The maximum Gasteiger partial charge on any atom is 0.239 e. The molecular formula is C15H25ClN2OS. The number of halogens is 1. The summed E-state index contributed by atoms with van der Waals surface area (Å²) in [6, 6.07) is 10.2. The Morgan fingerprint density at radius 3 is 2.55 bits per heavy atom. The molecular weight excluding hydrogens is 292 g/mol. The van der Waals surface area contributed by atoms with Crippen LogP contribution in [0.25, 0.3) is 0 Å². The van der Waals surface area contributed by atoms with E-state index in [1.807, 2.05) is 25.1 Å². The summed E-state index contributed by atoms with van der Waals surface area (Å²) < 4.78 is 0. The maximum atomic E-state index is 12.0. The molecule has 1 aromatic rings. The van der Waals surface area contributed by atoms with E-state index < -0.39 is 5.54 Å². The van der Waals surface area contributed by atoms with E-state index in [-0.39, 0.29) is 18.3 Å². The maximum absolute atomic E-state index is 12.0. The molecule has 0 aliphatic rings. The number of carbonyl (C=O) groups is 1. The van der Waals surface area contributed by atoms with Crippen molar-refractivity contribution in [1.82, 2.24) is 5.32 Å². The molecule has 0 saturated heterocycles. The highest BCUT2D eigenvalue weighted by molar-refractivity contribution is 8.00. The van der Waals surface area contributed by atoms with Gasteiger partial charge >= 0.3 is 0 Å². The van der Waals surface area contributed by atoms with Crippen LogP contribution in [-0.4, -0.2) is 23.2 Å². The highest BCUT2D eigenvalue weighted by atomic mass is 35.5. The van der Waals surface area contributed by atoms with Crippen LogP contribution in [0, 0.1) is 0 Å². The first kappa shape index (κ1) is 19.3. The second-order valence-corrected chi connectivity index (χ2v) is 6.63. The van der Waals surface area contributed by atoms with Gasteiger partial charge in [0.25, 0.3) is 0 Å². The SMILES string of the molecule is CCCC(C)(N)C(=O)NCC(C)Sc1ccccc1.Cl. The summed E-state index contributed by atoms with van der Waals surface area (Å²) in [4.78, 5) is 13.2. The van der Waals surface area contributed by atoms with Crippen LogP contribution in [0.3, 0.4) is 0 Å². The lowest BCUT2D eigenvalue weighted by Crippen LogP contribution is -2.52. The third-order valence-corrected chi connectivity index (χ3v) is 4.03. The van der Waals surface area contributed by atoms with Gasteiger partial charge in [-0.15, -0.1) is 24.2 Å². The lowest BCUT2D eigenvalue weighted by Gasteiger charge is -2.24. The largest absolute Gasteiger partial charge is 0.353 e. The van der Waals surface area contributed by atoms with E-state index >= 15 is 0 Å². The molecule has 1 rings (SSSR count). The fraction of sp³-hybridized carbons (Fsp3) is 0.533. The average molecular weight is 317 g/mol. The van der Waals surface area contributed by atoms with Gasteiger partial charge in [0.2, 0.25) is 5.91 Å². The van der Waals surface area contributed by atoms with Gasteiger partial charge in [0.15, 0.2) is 0 Å². The molecule has 0 saturated carbocycles. The monoisotopic (exact) mass is 316 g/mol. The zero-order chi connectivity index (χ0) is 14.3. The predicted molar refractivity (Wildman–Crippen MR) is 89.5 cm³/mol. The standard InChI is InChI=1S/C15H24N2OS.ClH/c1-4-10-15(3,16)14(18)17-11-12(2)19-13-8-6-5-7-9-13;/h5-9,12H,4,10-11,16H2,1-3H3,(H,17,18);1H. The summed E-state index contributed by atoms with van der Waals surface area (Å²) in [6.45, 7) is 6.56. The first-order valence-electron chi connectivity index (χ1n) is 6.74. The Labute approximate surface area is 132 Å². The van der Waals surface area contributed by atoms with Crippen LogP contribution in [0.2, 0.25) is 0 Å². The fourth-order valence-corrected chi connectivity index (χ4v) is 2.79. The summed E-state index contributed by atoms with van der Waals surface area (Å²) in [5.41, 5.74) is 5.23. The quantitative estimate of drug-likeness (QED) is 0.759. The number of thioether (sulfide) groups is 1. The minimum atomic E-state index is -0.758. The Hall–Kier alpha value is -0.710. The molecule has 0 fully saturated rings. The Morgan fingerprint density at radius 2 is 2.00 bits per heavy atom. The van der Waals surface area contributed by atoms with Gasteiger partial charge in [-0.3, -0.25) is 4.79 Å². The van der Waals surface area contributed by atoms with Crippen molar-refractivity contribution in [2.45, 2.75) is 49.3 Å². The number of benzene rings is 1. The molecule has 0 aliphatic heterocycles. The summed E-state index contributed by atoms with van der Waals surface area (Å²) in [5.74, 6) is -0.0603. The van der Waals surface area contributed by atoms with Crippen molar-refractivity contribution in [2.75, 3.05) is 6.54 Å². The smallest absolute Gasteiger partial charge is 0.239 e. The van der Waals surface area contributed by atoms with Crippen molar-refractivity contribution in [2.24, 2.45) is 5.73 Å². The van der Waals surface area contributed by atoms with Gasteiger partial charge in [-0.05, 0) is 25.5 Å². The average Bonchev–Trinajstić information content (AvgIpc) is 2.37. The number of hydrogen-bond donors (Lipinski definition) is 2. The molecule has 0 aromatic heterocycles. The van der Waals surface area contributed by atoms with Crippen LogP contribution < -0.4 is 11.1 Å². The zero-order valence-electron chi connectivity index (χ0n) is 12.4. The van der Waals surface area contributed by atoms with Gasteiger partial charge in [0.05, 0.1) is 5.54 Å². The zero-order valence-corrected chi connectivity index (χ0v) is 14.0. The van der Waals surface area contributed by atoms with E-state index in [2.05, 4.69) is 24.4 Å². The molecule has 114 valence electrons. The fourth-order valence-electron chi connectivity index (χ4n) is 1.84. The third-order valence-electron chi connectivity index (χ3n) is 2.92. The van der Waals surface area contributed by atoms with Crippen molar-refractivity contribution < 1.29 is 4.79 Å². The van der Waals surface area contributed by atoms with Crippen molar-refractivity contribution >= 4 is 30.1 Å². The van der Waals surface area contributed by atoms with Crippen molar-refractivity contribution in [3.8, 4) is 0 Å². The van der Waals surface area contributed by atoms with Gasteiger partial charge in [-0.25, -0.2) is 0 Å². The summed E-state index contributed by atoms with van der Waals surface area (Å²) in [5, 5.41) is 3.27. The lowest BCUT2D eigenvalue weighted by molar-refractivity contribution is -0.126. The Balaban J connectivity index is 0.00000361. The molecule has 20 heavy (non-hydrogen) atoms. The molecule has 5 heteroatoms. The number of hydrogen-bond acceptors (Lipinski definition) is 3. The second-order valence-electron chi connectivity index (χ2n) is 5.12. The normalized spacial score (nSPS) is 14.8. The third kappa shape index (κ3) is 6.64. The van der Waals surface area contributed by atoms with Gasteiger partial charge in [0, 0.05) is 16.7 Å². The molecule has 3 nitrogen and oxygen atoms in total. The first-order chi connectivity index (χ1) is 8.95. The minimum absolute atomic E-state index is 0. The van der Waals surface area contributed by atoms with Crippen LogP contribution in [0.4, 0.5) is 0 Å². The molecule has 0 aliphatic carbocycles. The summed E-state index contributed by atoms with van der Waals surface area (Å²) in [7, 11) is 0. The summed E-state index contributed by atoms with van der Waals surface area (Å²) >= 11 is 1.75. The van der Waals surface area contributed by atoms with E-state index in [1.165, 1.54) is 4.90 Å². The van der Waals surface area contributed by atoms with E-state index in [4.69, 9.17) is 5.73 Å². The van der Waals surface area contributed by atoms with E-state index in [1.54, 1.807) is 18.7 Å². The van der Waals surface area contributed by atoms with Crippen molar-refractivity contribution in [1.29, 1.82) is 0 Å². The van der Waals surface area contributed by atoms with Crippen LogP contribution in [0.1, 0.15) is 33.6 Å². The molecule has 0 spiro atoms. The Kier molecular flexibility index (Phi) is 8.94. The van der Waals surface area contributed by atoms with Gasteiger partial charge in [0.1, 0.15) is 0 Å². The minimum Gasteiger partial charge on any atom is -0.353 e. The number of amides is 1. The van der Waals surface area contributed by atoms with Gasteiger partial charge in [-0.2, -0.15) is 0 Å². The Bertz CT molecular complexity index is 398.